The minimum atomic E-state index is -3.05. The molecule has 1 rings (SSSR count). The van der Waals surface area contributed by atoms with E-state index in [4.69, 9.17) is 5.73 Å². The fourth-order valence-corrected chi connectivity index (χ4v) is 2.89. The van der Waals surface area contributed by atoms with E-state index in [2.05, 4.69) is 12.2 Å². The molecule has 0 aromatic rings. The smallest absolute Gasteiger partial charge is 0.236 e. The Morgan fingerprint density at radius 2 is 2.06 bits per heavy atom. The highest BCUT2D eigenvalue weighted by Gasteiger charge is 2.35. The Labute approximate surface area is 109 Å². The zero-order valence-electron chi connectivity index (χ0n) is 11.2. The molecule has 0 radical (unpaired) electrons. The van der Waals surface area contributed by atoms with Gasteiger partial charge in [-0.2, -0.15) is 0 Å². The first kappa shape index (κ1) is 15.4. The lowest BCUT2D eigenvalue weighted by Crippen LogP contribution is -2.47. The number of carbonyl (C=O) groups excluding carboxylic acids is 1. The number of hydrogen-bond donors (Lipinski definition) is 2. The van der Waals surface area contributed by atoms with Gasteiger partial charge in [-0.05, 0) is 31.1 Å². The van der Waals surface area contributed by atoms with Gasteiger partial charge in [-0.15, -0.1) is 0 Å². The van der Waals surface area contributed by atoms with Crippen molar-refractivity contribution >= 4 is 15.7 Å². The number of carbonyl (C=O) groups is 1. The van der Waals surface area contributed by atoms with Gasteiger partial charge in [-0.3, -0.25) is 4.79 Å². The normalized spacial score (nSPS) is 19.9. The van der Waals surface area contributed by atoms with Gasteiger partial charge in [0.05, 0.1) is 11.8 Å². The molecule has 1 unspecified atom stereocenters. The zero-order chi connectivity index (χ0) is 13.8. The van der Waals surface area contributed by atoms with Crippen LogP contribution in [0.15, 0.2) is 0 Å². The van der Waals surface area contributed by atoms with Crippen LogP contribution < -0.4 is 11.1 Å². The third-order valence-corrected chi connectivity index (χ3v) is 4.92. The maximum Gasteiger partial charge on any atom is 0.236 e. The van der Waals surface area contributed by atoms with Crippen molar-refractivity contribution in [1.29, 1.82) is 0 Å². The van der Waals surface area contributed by atoms with Crippen molar-refractivity contribution < 1.29 is 13.2 Å². The third-order valence-electron chi connectivity index (χ3n) is 3.94. The van der Waals surface area contributed by atoms with Crippen LogP contribution in [0, 0.1) is 5.41 Å². The van der Waals surface area contributed by atoms with Gasteiger partial charge in [-0.25, -0.2) is 8.42 Å². The van der Waals surface area contributed by atoms with Crippen molar-refractivity contribution in [2.24, 2.45) is 11.1 Å². The summed E-state index contributed by atoms with van der Waals surface area (Å²) in [6, 6.07) is -0.728. The maximum absolute atomic E-state index is 11.7. The van der Waals surface area contributed by atoms with E-state index < -0.39 is 15.9 Å². The molecule has 106 valence electrons. The Hall–Kier alpha value is -0.620. The van der Waals surface area contributed by atoms with E-state index >= 15 is 0 Å². The van der Waals surface area contributed by atoms with Gasteiger partial charge in [0.1, 0.15) is 9.84 Å². The average molecular weight is 276 g/mol. The molecule has 0 bridgehead atoms. The molecule has 1 aliphatic carbocycles. The SMILES string of the molecule is CCC1(CNC(=O)C(N)CCS(C)(=O)=O)CCC1. The molecule has 5 nitrogen and oxygen atoms in total. The van der Waals surface area contributed by atoms with Crippen LogP contribution in [-0.2, 0) is 14.6 Å². The summed E-state index contributed by atoms with van der Waals surface area (Å²) in [6.07, 6.45) is 5.93. The summed E-state index contributed by atoms with van der Waals surface area (Å²) in [6.45, 7) is 2.80. The van der Waals surface area contributed by atoms with Crippen LogP contribution in [0.5, 0.6) is 0 Å². The summed E-state index contributed by atoms with van der Waals surface area (Å²) in [5.41, 5.74) is 5.93. The van der Waals surface area contributed by atoms with Crippen LogP contribution in [0.2, 0.25) is 0 Å². The highest BCUT2D eigenvalue weighted by atomic mass is 32.2. The van der Waals surface area contributed by atoms with Crippen LogP contribution in [0.1, 0.15) is 39.0 Å². The molecule has 1 atom stereocenters. The predicted molar refractivity (Wildman–Crippen MR) is 71.9 cm³/mol. The molecular formula is C12H24N2O3S. The largest absolute Gasteiger partial charge is 0.354 e. The molecule has 0 spiro atoms. The lowest BCUT2D eigenvalue weighted by molar-refractivity contribution is -0.123. The molecule has 0 saturated heterocycles. The molecule has 1 saturated carbocycles. The number of rotatable bonds is 7. The molecule has 0 aromatic carbocycles. The van der Waals surface area contributed by atoms with Gasteiger partial charge in [0, 0.05) is 12.8 Å². The van der Waals surface area contributed by atoms with Crippen LogP contribution in [0.3, 0.4) is 0 Å². The summed E-state index contributed by atoms with van der Waals surface area (Å²) >= 11 is 0. The number of amides is 1. The highest BCUT2D eigenvalue weighted by Crippen LogP contribution is 2.42. The van der Waals surface area contributed by atoms with Gasteiger partial charge in [-0.1, -0.05) is 13.3 Å². The minimum Gasteiger partial charge on any atom is -0.354 e. The lowest BCUT2D eigenvalue weighted by Gasteiger charge is -2.41. The second kappa shape index (κ2) is 6.02. The van der Waals surface area contributed by atoms with E-state index in [1.165, 1.54) is 6.42 Å². The van der Waals surface area contributed by atoms with E-state index in [0.717, 1.165) is 25.5 Å². The molecule has 18 heavy (non-hydrogen) atoms. The average Bonchev–Trinajstić information content (AvgIpc) is 2.23. The summed E-state index contributed by atoms with van der Waals surface area (Å²) < 4.78 is 22.0. The van der Waals surface area contributed by atoms with Gasteiger partial charge in [0.2, 0.25) is 5.91 Å². The Balaban J connectivity index is 2.31. The molecule has 0 aromatic heterocycles. The maximum atomic E-state index is 11.7. The van der Waals surface area contributed by atoms with Gasteiger partial charge >= 0.3 is 0 Å². The fourth-order valence-electron chi connectivity index (χ4n) is 2.21. The van der Waals surface area contributed by atoms with Crippen molar-refractivity contribution in [3.8, 4) is 0 Å². The van der Waals surface area contributed by atoms with E-state index in [9.17, 15) is 13.2 Å². The number of sulfone groups is 1. The third kappa shape index (κ3) is 4.57. The van der Waals surface area contributed by atoms with E-state index in [0.29, 0.717) is 6.54 Å². The Bertz CT molecular complexity index is 383. The summed E-state index contributed by atoms with van der Waals surface area (Å²) in [5, 5.41) is 2.85. The summed E-state index contributed by atoms with van der Waals surface area (Å²) in [7, 11) is -3.05. The van der Waals surface area contributed by atoms with Crippen molar-refractivity contribution in [1.82, 2.24) is 5.32 Å². The first-order chi connectivity index (χ1) is 8.28. The molecular weight excluding hydrogens is 252 g/mol. The number of hydrogen-bond acceptors (Lipinski definition) is 4. The first-order valence-electron chi connectivity index (χ1n) is 6.49. The number of nitrogens with one attached hydrogen (secondary N) is 1. The van der Waals surface area contributed by atoms with Crippen LogP contribution in [0.25, 0.3) is 0 Å². The molecule has 1 fully saturated rings. The summed E-state index contributed by atoms with van der Waals surface area (Å²) in [4.78, 5) is 11.7. The number of nitrogens with two attached hydrogens (primary N) is 1. The van der Waals surface area contributed by atoms with Crippen LogP contribution >= 0.6 is 0 Å². The van der Waals surface area contributed by atoms with Crippen molar-refractivity contribution in [3.63, 3.8) is 0 Å². The topological polar surface area (TPSA) is 89.3 Å². The van der Waals surface area contributed by atoms with E-state index in [-0.39, 0.29) is 23.5 Å². The van der Waals surface area contributed by atoms with Crippen molar-refractivity contribution in [2.75, 3.05) is 18.6 Å². The van der Waals surface area contributed by atoms with Crippen molar-refractivity contribution in [3.05, 3.63) is 0 Å². The highest BCUT2D eigenvalue weighted by molar-refractivity contribution is 7.90. The predicted octanol–water partition coefficient (Wildman–Crippen LogP) is 0.445. The van der Waals surface area contributed by atoms with E-state index in [1.807, 2.05) is 0 Å². The molecule has 3 N–H and O–H groups in total. The molecule has 1 amide bonds. The standard InChI is InChI=1S/C12H24N2O3S/c1-3-12(6-4-7-12)9-14-11(15)10(13)5-8-18(2,16)17/h10H,3-9,13H2,1-2H3,(H,14,15). The Morgan fingerprint density at radius 1 is 1.44 bits per heavy atom. The van der Waals surface area contributed by atoms with Gasteiger partial charge in [0.15, 0.2) is 0 Å². The quantitative estimate of drug-likeness (QED) is 0.706. The van der Waals surface area contributed by atoms with Crippen LogP contribution in [0.4, 0.5) is 0 Å². The monoisotopic (exact) mass is 276 g/mol. The second-order valence-corrected chi connectivity index (χ2v) is 7.71. The molecule has 6 heteroatoms. The first-order valence-corrected chi connectivity index (χ1v) is 8.55. The van der Waals surface area contributed by atoms with E-state index in [1.54, 1.807) is 0 Å². The van der Waals surface area contributed by atoms with Crippen LogP contribution in [-0.4, -0.2) is 38.9 Å². The molecule has 0 aliphatic heterocycles. The lowest BCUT2D eigenvalue weighted by atomic mass is 9.67. The van der Waals surface area contributed by atoms with Gasteiger partial charge < -0.3 is 11.1 Å². The molecule has 1 aliphatic rings. The Morgan fingerprint density at radius 3 is 2.44 bits per heavy atom. The molecule has 0 heterocycles. The minimum absolute atomic E-state index is 0.0412. The Kier molecular flexibility index (Phi) is 5.16. The zero-order valence-corrected chi connectivity index (χ0v) is 12.1. The van der Waals surface area contributed by atoms with Gasteiger partial charge in [0.25, 0.3) is 0 Å². The van der Waals surface area contributed by atoms with Crippen molar-refractivity contribution in [2.45, 2.75) is 45.1 Å². The summed E-state index contributed by atoms with van der Waals surface area (Å²) in [5.74, 6) is -0.279. The fraction of sp³-hybridized carbons (Fsp3) is 0.917. The second-order valence-electron chi connectivity index (χ2n) is 5.45.